The Kier molecular flexibility index (Phi) is 4.93. The van der Waals surface area contributed by atoms with Gasteiger partial charge in [-0.2, -0.15) is 13.2 Å². The van der Waals surface area contributed by atoms with Crippen molar-refractivity contribution in [3.63, 3.8) is 0 Å². The Morgan fingerprint density at radius 2 is 1.92 bits per heavy atom. The molecule has 0 radical (unpaired) electrons. The summed E-state index contributed by atoms with van der Waals surface area (Å²) in [6, 6.07) is 4.09. The summed E-state index contributed by atoms with van der Waals surface area (Å²) >= 11 is 0.972. The molecular formula is C15H14F3N3O2S. The van der Waals surface area contributed by atoms with Crippen LogP contribution >= 0.6 is 11.3 Å². The van der Waals surface area contributed by atoms with Gasteiger partial charge in [-0.05, 0) is 25.1 Å². The van der Waals surface area contributed by atoms with Gasteiger partial charge >= 0.3 is 6.18 Å². The van der Waals surface area contributed by atoms with Gasteiger partial charge in [0.25, 0.3) is 11.8 Å². The fourth-order valence-electron chi connectivity index (χ4n) is 1.86. The minimum atomic E-state index is -4.53. The van der Waals surface area contributed by atoms with Crippen LogP contribution in [0.3, 0.4) is 0 Å². The Bertz CT molecular complexity index is 785. The van der Waals surface area contributed by atoms with Gasteiger partial charge in [0.15, 0.2) is 5.13 Å². The number of halogens is 3. The summed E-state index contributed by atoms with van der Waals surface area (Å²) in [5.41, 5.74) is -0.606. The number of hydrogen-bond acceptors (Lipinski definition) is 4. The second-order valence-electron chi connectivity index (χ2n) is 5.17. The molecule has 1 aromatic heterocycles. The minimum absolute atomic E-state index is 0.141. The molecule has 9 heteroatoms. The number of aromatic nitrogens is 1. The zero-order valence-corrected chi connectivity index (χ0v) is 13.9. The normalized spacial score (nSPS) is 11.2. The molecule has 0 fully saturated rings. The van der Waals surface area contributed by atoms with Crippen LogP contribution in [0.25, 0.3) is 0 Å². The molecule has 0 aliphatic rings. The predicted molar refractivity (Wildman–Crippen MR) is 84.3 cm³/mol. The highest BCUT2D eigenvalue weighted by molar-refractivity contribution is 7.17. The van der Waals surface area contributed by atoms with Crippen molar-refractivity contribution in [2.75, 3.05) is 19.4 Å². The third-order valence-electron chi connectivity index (χ3n) is 3.07. The van der Waals surface area contributed by atoms with Crippen LogP contribution in [0.2, 0.25) is 0 Å². The molecule has 0 aliphatic heterocycles. The largest absolute Gasteiger partial charge is 0.416 e. The molecule has 2 aromatic rings. The molecule has 1 aromatic carbocycles. The molecule has 2 rings (SSSR count). The van der Waals surface area contributed by atoms with E-state index in [9.17, 15) is 22.8 Å². The van der Waals surface area contributed by atoms with Gasteiger partial charge in [-0.15, -0.1) is 0 Å². The maximum absolute atomic E-state index is 12.7. The molecule has 0 bridgehead atoms. The van der Waals surface area contributed by atoms with Crippen molar-refractivity contribution in [2.24, 2.45) is 0 Å². The lowest BCUT2D eigenvalue weighted by atomic mass is 10.1. The van der Waals surface area contributed by atoms with E-state index in [2.05, 4.69) is 10.3 Å². The number of thiazole rings is 1. The molecule has 128 valence electrons. The average molecular weight is 357 g/mol. The molecule has 24 heavy (non-hydrogen) atoms. The number of nitrogens with zero attached hydrogens (tertiary/aromatic N) is 2. The number of hydrogen-bond donors (Lipinski definition) is 1. The van der Waals surface area contributed by atoms with Crippen LogP contribution in [-0.2, 0) is 6.18 Å². The Hall–Kier alpha value is -2.42. The van der Waals surface area contributed by atoms with Crippen molar-refractivity contribution in [3.8, 4) is 0 Å². The van der Waals surface area contributed by atoms with Crippen LogP contribution in [0.4, 0.5) is 18.3 Å². The number of rotatable bonds is 3. The maximum Gasteiger partial charge on any atom is 0.416 e. The standard InChI is InChI=1S/C15H14F3N3O2S/c1-8-11(13(23)21(2)3)24-14(19-8)20-12(22)9-5-4-6-10(7-9)15(16,17)18/h4-7H,1-3H3,(H,19,20,22). The number of nitrogens with one attached hydrogen (secondary N) is 1. The number of carbonyl (C=O) groups excluding carboxylic acids is 2. The number of benzene rings is 1. The van der Waals surface area contributed by atoms with Crippen LogP contribution in [0.1, 0.15) is 31.3 Å². The highest BCUT2D eigenvalue weighted by atomic mass is 32.1. The van der Waals surface area contributed by atoms with Crippen LogP contribution < -0.4 is 5.32 Å². The minimum Gasteiger partial charge on any atom is -0.344 e. The number of anilines is 1. The Morgan fingerprint density at radius 3 is 2.50 bits per heavy atom. The Labute approximate surface area is 140 Å². The molecule has 0 spiro atoms. The summed E-state index contributed by atoms with van der Waals surface area (Å²) in [6.45, 7) is 1.62. The fraction of sp³-hybridized carbons (Fsp3) is 0.267. The van der Waals surface area contributed by atoms with E-state index >= 15 is 0 Å². The molecule has 0 atom stereocenters. The quantitative estimate of drug-likeness (QED) is 0.916. The van der Waals surface area contributed by atoms with Crippen molar-refractivity contribution in [1.29, 1.82) is 0 Å². The lowest BCUT2D eigenvalue weighted by Crippen LogP contribution is -2.21. The number of carbonyl (C=O) groups is 2. The monoisotopic (exact) mass is 357 g/mol. The van der Waals surface area contributed by atoms with E-state index < -0.39 is 17.6 Å². The third kappa shape index (κ3) is 3.91. The number of alkyl halides is 3. The SMILES string of the molecule is Cc1nc(NC(=O)c2cccc(C(F)(F)F)c2)sc1C(=O)N(C)C. The van der Waals surface area contributed by atoms with E-state index in [1.165, 1.54) is 11.0 Å². The van der Waals surface area contributed by atoms with Crippen molar-refractivity contribution in [2.45, 2.75) is 13.1 Å². The van der Waals surface area contributed by atoms with E-state index in [1.54, 1.807) is 21.0 Å². The van der Waals surface area contributed by atoms with Crippen molar-refractivity contribution >= 4 is 28.3 Å². The van der Waals surface area contributed by atoms with Gasteiger partial charge in [-0.3, -0.25) is 14.9 Å². The van der Waals surface area contributed by atoms with Crippen molar-refractivity contribution < 1.29 is 22.8 Å². The van der Waals surface area contributed by atoms with E-state index in [0.29, 0.717) is 10.6 Å². The highest BCUT2D eigenvalue weighted by Crippen LogP contribution is 2.30. The number of aryl methyl sites for hydroxylation is 1. The van der Waals surface area contributed by atoms with Gasteiger partial charge in [0, 0.05) is 19.7 Å². The second-order valence-corrected chi connectivity index (χ2v) is 6.16. The molecular weight excluding hydrogens is 343 g/mol. The summed E-state index contributed by atoms with van der Waals surface area (Å²) in [7, 11) is 3.17. The molecule has 0 aliphatic carbocycles. The molecule has 2 amide bonds. The fourth-order valence-corrected chi connectivity index (χ4v) is 2.84. The smallest absolute Gasteiger partial charge is 0.344 e. The second kappa shape index (κ2) is 6.60. The van der Waals surface area contributed by atoms with Gasteiger partial charge in [0.1, 0.15) is 4.88 Å². The molecule has 0 unspecified atom stereocenters. The van der Waals surface area contributed by atoms with Gasteiger partial charge in [-0.1, -0.05) is 17.4 Å². The predicted octanol–water partition coefficient (Wildman–Crippen LogP) is 3.42. The number of amides is 2. The first kappa shape index (κ1) is 17.9. The van der Waals surface area contributed by atoms with Crippen molar-refractivity contribution in [3.05, 3.63) is 46.0 Å². The van der Waals surface area contributed by atoms with E-state index in [-0.39, 0.29) is 16.6 Å². The van der Waals surface area contributed by atoms with E-state index in [1.807, 2.05) is 0 Å². The molecule has 0 saturated heterocycles. The maximum atomic E-state index is 12.7. The summed E-state index contributed by atoms with van der Waals surface area (Å²) in [6.07, 6.45) is -4.53. The summed E-state index contributed by atoms with van der Waals surface area (Å²) < 4.78 is 38.1. The van der Waals surface area contributed by atoms with Crippen LogP contribution in [-0.4, -0.2) is 35.8 Å². The molecule has 1 N–H and O–H groups in total. The molecule has 5 nitrogen and oxygen atoms in total. The average Bonchev–Trinajstić information content (AvgIpc) is 2.86. The van der Waals surface area contributed by atoms with E-state index in [4.69, 9.17) is 0 Å². The first-order chi connectivity index (χ1) is 11.1. The van der Waals surface area contributed by atoms with Crippen LogP contribution in [0.15, 0.2) is 24.3 Å². The zero-order chi connectivity index (χ0) is 18.1. The lowest BCUT2D eigenvalue weighted by Gasteiger charge is -2.08. The topological polar surface area (TPSA) is 62.3 Å². The van der Waals surface area contributed by atoms with E-state index in [0.717, 1.165) is 29.5 Å². The highest BCUT2D eigenvalue weighted by Gasteiger charge is 2.31. The first-order valence-electron chi connectivity index (χ1n) is 6.77. The van der Waals surface area contributed by atoms with Crippen molar-refractivity contribution in [1.82, 2.24) is 9.88 Å². The summed E-state index contributed by atoms with van der Waals surface area (Å²) in [5.74, 6) is -0.983. The van der Waals surface area contributed by atoms with Gasteiger partial charge in [0.05, 0.1) is 11.3 Å². The molecule has 1 heterocycles. The molecule has 0 saturated carbocycles. The summed E-state index contributed by atoms with van der Waals surface area (Å²) in [5, 5.41) is 2.58. The van der Waals surface area contributed by atoms with Gasteiger partial charge < -0.3 is 4.90 Å². The van der Waals surface area contributed by atoms with Gasteiger partial charge in [-0.25, -0.2) is 4.98 Å². The van der Waals surface area contributed by atoms with Crippen LogP contribution in [0, 0.1) is 6.92 Å². The zero-order valence-electron chi connectivity index (χ0n) is 13.1. The third-order valence-corrected chi connectivity index (χ3v) is 4.13. The van der Waals surface area contributed by atoms with Crippen LogP contribution in [0.5, 0.6) is 0 Å². The lowest BCUT2D eigenvalue weighted by molar-refractivity contribution is -0.137. The Morgan fingerprint density at radius 1 is 1.25 bits per heavy atom. The van der Waals surface area contributed by atoms with Gasteiger partial charge in [0.2, 0.25) is 0 Å². The Balaban J connectivity index is 2.22. The summed E-state index contributed by atoms with van der Waals surface area (Å²) in [4.78, 5) is 29.9. The first-order valence-corrected chi connectivity index (χ1v) is 7.59.